The first-order chi connectivity index (χ1) is 11.4. The van der Waals surface area contributed by atoms with Crippen LogP contribution in [0.2, 0.25) is 0 Å². The van der Waals surface area contributed by atoms with Crippen LogP contribution in [0.3, 0.4) is 0 Å². The molecule has 1 heterocycles. The molecule has 1 aromatic heterocycles. The smallest absolute Gasteiger partial charge is 0.261 e. The number of anilines is 1. The van der Waals surface area contributed by atoms with Crippen molar-refractivity contribution in [1.82, 2.24) is 9.55 Å². The Morgan fingerprint density at radius 2 is 1.79 bits per heavy atom. The minimum atomic E-state index is -3.60. The Kier molecular flexibility index (Phi) is 4.32. The molecule has 5 nitrogen and oxygen atoms in total. The van der Waals surface area contributed by atoms with Crippen LogP contribution in [0, 0.1) is 13.8 Å². The van der Waals surface area contributed by atoms with Crippen molar-refractivity contribution in [3.05, 3.63) is 53.9 Å². The van der Waals surface area contributed by atoms with Crippen LogP contribution in [-0.2, 0) is 16.6 Å². The Morgan fingerprint density at radius 1 is 1.08 bits per heavy atom. The number of benzene rings is 2. The largest absolute Gasteiger partial charge is 0.328 e. The van der Waals surface area contributed by atoms with Crippen molar-refractivity contribution in [2.45, 2.75) is 38.6 Å². The molecular formula is C18H21N3O2S. The highest BCUT2D eigenvalue weighted by Crippen LogP contribution is 2.23. The van der Waals surface area contributed by atoms with E-state index in [-0.39, 0.29) is 4.90 Å². The third-order valence-electron chi connectivity index (χ3n) is 3.97. The van der Waals surface area contributed by atoms with Crippen LogP contribution in [-0.4, -0.2) is 18.0 Å². The predicted octanol–water partition coefficient (Wildman–Crippen LogP) is 3.86. The van der Waals surface area contributed by atoms with Gasteiger partial charge in [0.2, 0.25) is 0 Å². The van der Waals surface area contributed by atoms with Crippen molar-refractivity contribution >= 4 is 26.7 Å². The summed E-state index contributed by atoms with van der Waals surface area (Å²) in [7, 11) is -3.60. The van der Waals surface area contributed by atoms with Crippen LogP contribution in [0.25, 0.3) is 11.0 Å². The molecule has 0 bridgehead atoms. The number of nitrogens with one attached hydrogen (secondary N) is 1. The lowest BCUT2D eigenvalue weighted by atomic mass is 10.2. The quantitative estimate of drug-likeness (QED) is 0.765. The average Bonchev–Trinajstić information content (AvgIpc) is 2.83. The maximum Gasteiger partial charge on any atom is 0.261 e. The van der Waals surface area contributed by atoms with E-state index >= 15 is 0 Å². The zero-order chi connectivity index (χ0) is 17.3. The molecule has 1 N–H and O–H groups in total. The Morgan fingerprint density at radius 3 is 2.46 bits per heavy atom. The molecule has 6 heteroatoms. The minimum Gasteiger partial charge on any atom is -0.328 e. The van der Waals surface area contributed by atoms with Gasteiger partial charge < -0.3 is 4.57 Å². The normalized spacial score (nSPS) is 11.8. The van der Waals surface area contributed by atoms with Crippen LogP contribution >= 0.6 is 0 Å². The van der Waals surface area contributed by atoms with E-state index in [0.717, 1.165) is 35.4 Å². The molecule has 0 fully saturated rings. The molecule has 0 aliphatic rings. The molecule has 0 saturated carbocycles. The molecule has 0 aliphatic carbocycles. The molecule has 24 heavy (non-hydrogen) atoms. The zero-order valence-electron chi connectivity index (χ0n) is 14.1. The number of rotatable bonds is 5. The summed E-state index contributed by atoms with van der Waals surface area (Å²) in [4.78, 5) is 4.79. The molecule has 0 saturated heterocycles. The summed E-state index contributed by atoms with van der Waals surface area (Å²) in [6, 6.07) is 12.3. The molecule has 0 atom stereocenters. The summed E-state index contributed by atoms with van der Waals surface area (Å²) >= 11 is 0. The first kappa shape index (κ1) is 16.5. The first-order valence-corrected chi connectivity index (χ1v) is 9.45. The summed E-state index contributed by atoms with van der Waals surface area (Å²) in [6.45, 7) is 6.91. The highest BCUT2D eigenvalue weighted by atomic mass is 32.2. The van der Waals surface area contributed by atoms with Crippen LogP contribution < -0.4 is 4.72 Å². The van der Waals surface area contributed by atoms with Gasteiger partial charge >= 0.3 is 0 Å². The van der Waals surface area contributed by atoms with E-state index in [1.807, 2.05) is 19.9 Å². The molecule has 0 amide bonds. The van der Waals surface area contributed by atoms with Crippen molar-refractivity contribution in [2.75, 3.05) is 4.72 Å². The van der Waals surface area contributed by atoms with E-state index in [1.165, 1.54) is 0 Å². The highest BCUT2D eigenvalue weighted by molar-refractivity contribution is 7.92. The molecule has 0 spiro atoms. The fourth-order valence-electron chi connectivity index (χ4n) is 2.75. The van der Waals surface area contributed by atoms with E-state index in [9.17, 15) is 8.42 Å². The lowest BCUT2D eigenvalue weighted by Crippen LogP contribution is -2.12. The van der Waals surface area contributed by atoms with Gasteiger partial charge in [0.25, 0.3) is 10.0 Å². The monoisotopic (exact) mass is 343 g/mol. The van der Waals surface area contributed by atoms with Crippen molar-refractivity contribution in [2.24, 2.45) is 0 Å². The van der Waals surface area contributed by atoms with E-state index in [2.05, 4.69) is 21.2 Å². The van der Waals surface area contributed by atoms with Gasteiger partial charge in [-0.3, -0.25) is 4.72 Å². The molecule has 2 aromatic carbocycles. The number of aryl methyl sites for hydroxylation is 3. The minimum absolute atomic E-state index is 0.251. The summed E-state index contributed by atoms with van der Waals surface area (Å²) in [6.07, 6.45) is 1.02. The second-order valence-corrected chi connectivity index (χ2v) is 7.62. The average molecular weight is 343 g/mol. The number of aromatic nitrogens is 2. The lowest BCUT2D eigenvalue weighted by Gasteiger charge is -2.09. The first-order valence-electron chi connectivity index (χ1n) is 7.97. The van der Waals surface area contributed by atoms with Crippen molar-refractivity contribution in [1.29, 1.82) is 0 Å². The maximum absolute atomic E-state index is 12.5. The fourth-order valence-corrected chi connectivity index (χ4v) is 3.80. The summed E-state index contributed by atoms with van der Waals surface area (Å²) in [5.74, 6) is 0.936. The molecule has 126 valence electrons. The van der Waals surface area contributed by atoms with Gasteiger partial charge in [-0.1, -0.05) is 24.6 Å². The van der Waals surface area contributed by atoms with Gasteiger partial charge in [0.1, 0.15) is 5.82 Å². The maximum atomic E-state index is 12.5. The van der Waals surface area contributed by atoms with Gasteiger partial charge in [-0.2, -0.15) is 0 Å². The fraction of sp³-hybridized carbons (Fsp3) is 0.278. The predicted molar refractivity (Wildman–Crippen MR) is 96.7 cm³/mol. The van der Waals surface area contributed by atoms with E-state index in [1.54, 1.807) is 36.4 Å². The Labute approximate surface area is 142 Å². The number of hydrogen-bond donors (Lipinski definition) is 1. The molecule has 0 unspecified atom stereocenters. The van der Waals surface area contributed by atoms with Crippen LogP contribution in [0.5, 0.6) is 0 Å². The molecule has 0 aliphatic heterocycles. The van der Waals surface area contributed by atoms with E-state index < -0.39 is 10.0 Å². The van der Waals surface area contributed by atoms with Crippen molar-refractivity contribution in [3.63, 3.8) is 0 Å². The van der Waals surface area contributed by atoms with Gasteiger partial charge in [0.15, 0.2) is 0 Å². The number of imidazole rings is 1. The Bertz CT molecular complexity index is 973. The SMILES string of the molecule is CCCn1c(C)nc2cc(NS(=O)(=O)c3ccc(C)cc3)ccc21. The van der Waals surface area contributed by atoms with Crippen LogP contribution in [0.15, 0.2) is 47.4 Å². The molecule has 3 rings (SSSR count). The molecule has 0 radical (unpaired) electrons. The summed E-state index contributed by atoms with van der Waals surface area (Å²) in [5.41, 5.74) is 3.36. The van der Waals surface area contributed by atoms with E-state index in [0.29, 0.717) is 5.69 Å². The molecule has 3 aromatic rings. The third kappa shape index (κ3) is 3.14. The topological polar surface area (TPSA) is 64.0 Å². The van der Waals surface area contributed by atoms with E-state index in [4.69, 9.17) is 0 Å². The second kappa shape index (κ2) is 6.28. The van der Waals surface area contributed by atoms with Gasteiger partial charge in [-0.25, -0.2) is 13.4 Å². The van der Waals surface area contributed by atoms with Gasteiger partial charge in [0.05, 0.1) is 21.6 Å². The van der Waals surface area contributed by atoms with Gasteiger partial charge in [0, 0.05) is 6.54 Å². The highest BCUT2D eigenvalue weighted by Gasteiger charge is 2.15. The zero-order valence-corrected chi connectivity index (χ0v) is 14.9. The van der Waals surface area contributed by atoms with Crippen molar-refractivity contribution in [3.8, 4) is 0 Å². The Balaban J connectivity index is 1.94. The van der Waals surface area contributed by atoms with Gasteiger partial charge in [-0.05, 0) is 50.6 Å². The number of nitrogens with zero attached hydrogens (tertiary/aromatic N) is 2. The Hall–Kier alpha value is -2.34. The number of hydrogen-bond acceptors (Lipinski definition) is 3. The molecular weight excluding hydrogens is 322 g/mol. The lowest BCUT2D eigenvalue weighted by molar-refractivity contribution is 0.601. The summed E-state index contributed by atoms with van der Waals surface area (Å²) in [5, 5.41) is 0. The number of sulfonamides is 1. The second-order valence-electron chi connectivity index (χ2n) is 5.93. The van der Waals surface area contributed by atoms with Crippen LogP contribution in [0.1, 0.15) is 24.7 Å². The van der Waals surface area contributed by atoms with Crippen molar-refractivity contribution < 1.29 is 8.42 Å². The van der Waals surface area contributed by atoms with Gasteiger partial charge in [-0.15, -0.1) is 0 Å². The van der Waals surface area contributed by atoms with Crippen LogP contribution in [0.4, 0.5) is 5.69 Å². The standard InChI is InChI=1S/C18H21N3O2S/c1-4-11-21-14(3)19-17-12-15(7-10-18(17)21)20-24(22,23)16-8-5-13(2)6-9-16/h5-10,12,20H,4,11H2,1-3H3. The third-order valence-corrected chi connectivity index (χ3v) is 5.37. The summed E-state index contributed by atoms with van der Waals surface area (Å²) < 4.78 is 29.7. The number of fused-ring (bicyclic) bond motifs is 1.